The zero-order valence-corrected chi connectivity index (χ0v) is 12.3. The summed E-state index contributed by atoms with van der Waals surface area (Å²) in [5.74, 6) is 0.243. The second-order valence-corrected chi connectivity index (χ2v) is 5.27. The van der Waals surface area contributed by atoms with Crippen molar-refractivity contribution in [3.05, 3.63) is 59.9 Å². The number of anilines is 2. The summed E-state index contributed by atoms with van der Waals surface area (Å²) in [5, 5.41) is 6.59. The van der Waals surface area contributed by atoms with Gasteiger partial charge in [-0.1, -0.05) is 26.0 Å². The van der Waals surface area contributed by atoms with Crippen molar-refractivity contribution >= 4 is 28.7 Å². The molecule has 0 radical (unpaired) electrons. The Labute approximate surface area is 124 Å². The molecule has 0 amide bonds. The van der Waals surface area contributed by atoms with Crippen LogP contribution in [0.3, 0.4) is 0 Å². The van der Waals surface area contributed by atoms with E-state index in [-0.39, 0.29) is 5.82 Å². The Morgan fingerprint density at radius 1 is 0.900 bits per heavy atom. The highest BCUT2D eigenvalue weighted by atomic mass is 32.1. The van der Waals surface area contributed by atoms with E-state index in [0.29, 0.717) is 11.0 Å². The van der Waals surface area contributed by atoms with E-state index >= 15 is 0 Å². The van der Waals surface area contributed by atoms with Gasteiger partial charge in [0, 0.05) is 11.4 Å². The molecule has 0 bridgehead atoms. The second-order valence-electron chi connectivity index (χ2n) is 4.86. The van der Waals surface area contributed by atoms with Crippen LogP contribution < -0.4 is 10.6 Å². The molecular weight excluding hydrogens is 271 g/mol. The average molecular weight is 288 g/mol. The van der Waals surface area contributed by atoms with E-state index in [1.165, 1.54) is 17.7 Å². The predicted molar refractivity (Wildman–Crippen MR) is 86.8 cm³/mol. The Morgan fingerprint density at radius 3 is 1.80 bits per heavy atom. The van der Waals surface area contributed by atoms with Gasteiger partial charge in [-0.3, -0.25) is 0 Å². The smallest absolute Gasteiger partial charge is 0.175 e. The maximum Gasteiger partial charge on any atom is 0.175 e. The van der Waals surface area contributed by atoms with Crippen LogP contribution in [-0.2, 0) is 0 Å². The Balaban J connectivity index is 1.95. The fourth-order valence-corrected chi connectivity index (χ4v) is 2.01. The van der Waals surface area contributed by atoms with Crippen molar-refractivity contribution < 1.29 is 4.39 Å². The first-order valence-corrected chi connectivity index (χ1v) is 6.89. The van der Waals surface area contributed by atoms with Crippen LogP contribution in [0.15, 0.2) is 48.5 Å². The summed E-state index contributed by atoms with van der Waals surface area (Å²) in [6.07, 6.45) is 0. The average Bonchev–Trinajstić information content (AvgIpc) is 2.42. The zero-order valence-electron chi connectivity index (χ0n) is 11.5. The molecule has 0 unspecified atom stereocenters. The highest BCUT2D eigenvalue weighted by Gasteiger charge is 2.01. The SMILES string of the molecule is CC(C)c1ccc(NC(=S)Nc2ccc(F)cc2)cc1. The molecule has 0 aliphatic carbocycles. The Hall–Kier alpha value is -1.94. The number of benzene rings is 2. The molecule has 2 aromatic carbocycles. The first kappa shape index (κ1) is 14.5. The van der Waals surface area contributed by atoms with E-state index in [1.54, 1.807) is 12.1 Å². The van der Waals surface area contributed by atoms with E-state index in [4.69, 9.17) is 12.2 Å². The molecule has 0 aliphatic heterocycles. The van der Waals surface area contributed by atoms with Crippen LogP contribution >= 0.6 is 12.2 Å². The van der Waals surface area contributed by atoms with Gasteiger partial charge in [-0.05, 0) is 60.1 Å². The molecule has 0 spiro atoms. The lowest BCUT2D eigenvalue weighted by atomic mass is 10.0. The fourth-order valence-electron chi connectivity index (χ4n) is 1.78. The van der Waals surface area contributed by atoms with Gasteiger partial charge < -0.3 is 10.6 Å². The van der Waals surface area contributed by atoms with Gasteiger partial charge in [-0.2, -0.15) is 0 Å². The quantitative estimate of drug-likeness (QED) is 0.796. The van der Waals surface area contributed by atoms with Gasteiger partial charge in [0.25, 0.3) is 0 Å². The van der Waals surface area contributed by atoms with E-state index in [1.807, 2.05) is 12.1 Å². The molecule has 0 fully saturated rings. The molecule has 0 saturated carbocycles. The standard InChI is InChI=1S/C16H17FN2S/c1-11(2)12-3-7-14(8-4-12)18-16(20)19-15-9-5-13(17)6-10-15/h3-11H,1-2H3,(H2,18,19,20). The van der Waals surface area contributed by atoms with Crippen LogP contribution in [0, 0.1) is 5.82 Å². The summed E-state index contributed by atoms with van der Waals surface area (Å²) in [7, 11) is 0. The van der Waals surface area contributed by atoms with E-state index in [0.717, 1.165) is 11.4 Å². The number of nitrogens with one attached hydrogen (secondary N) is 2. The Morgan fingerprint density at radius 2 is 1.35 bits per heavy atom. The molecule has 0 heterocycles. The number of rotatable bonds is 3. The first-order valence-electron chi connectivity index (χ1n) is 6.48. The fraction of sp³-hybridized carbons (Fsp3) is 0.188. The van der Waals surface area contributed by atoms with Crippen molar-refractivity contribution in [3.63, 3.8) is 0 Å². The van der Waals surface area contributed by atoms with Crippen LogP contribution in [0.1, 0.15) is 25.3 Å². The first-order chi connectivity index (χ1) is 9.54. The summed E-state index contributed by atoms with van der Waals surface area (Å²) in [5.41, 5.74) is 2.96. The van der Waals surface area contributed by atoms with Gasteiger partial charge in [0.1, 0.15) is 5.82 Å². The molecule has 20 heavy (non-hydrogen) atoms. The summed E-state index contributed by atoms with van der Waals surface area (Å²) in [4.78, 5) is 0. The van der Waals surface area contributed by atoms with Crippen molar-refractivity contribution in [2.45, 2.75) is 19.8 Å². The van der Waals surface area contributed by atoms with Crippen molar-refractivity contribution in [2.24, 2.45) is 0 Å². The highest BCUT2D eigenvalue weighted by molar-refractivity contribution is 7.80. The van der Waals surface area contributed by atoms with Crippen LogP contribution in [0.5, 0.6) is 0 Å². The Kier molecular flexibility index (Phi) is 4.69. The summed E-state index contributed by atoms with van der Waals surface area (Å²) < 4.78 is 12.8. The van der Waals surface area contributed by atoms with Gasteiger partial charge in [-0.25, -0.2) is 4.39 Å². The van der Waals surface area contributed by atoms with Gasteiger partial charge >= 0.3 is 0 Å². The highest BCUT2D eigenvalue weighted by Crippen LogP contribution is 2.17. The van der Waals surface area contributed by atoms with Gasteiger partial charge in [-0.15, -0.1) is 0 Å². The van der Waals surface area contributed by atoms with Gasteiger partial charge in [0.2, 0.25) is 0 Å². The molecule has 0 saturated heterocycles. The third kappa shape index (κ3) is 4.03. The normalized spacial score (nSPS) is 10.4. The van der Waals surface area contributed by atoms with Crippen molar-refractivity contribution in [3.8, 4) is 0 Å². The Bertz CT molecular complexity index is 576. The molecule has 104 valence electrons. The third-order valence-corrected chi connectivity index (χ3v) is 3.14. The van der Waals surface area contributed by atoms with E-state index in [9.17, 15) is 4.39 Å². The molecule has 0 aromatic heterocycles. The molecule has 2 aromatic rings. The number of thiocarbonyl (C=S) groups is 1. The number of halogens is 1. The number of hydrogen-bond acceptors (Lipinski definition) is 1. The lowest BCUT2D eigenvalue weighted by Gasteiger charge is -2.12. The van der Waals surface area contributed by atoms with Crippen LogP contribution in [0.2, 0.25) is 0 Å². The van der Waals surface area contributed by atoms with Crippen LogP contribution in [0.4, 0.5) is 15.8 Å². The maximum atomic E-state index is 12.8. The molecule has 0 atom stereocenters. The van der Waals surface area contributed by atoms with Gasteiger partial charge in [0.15, 0.2) is 5.11 Å². The molecule has 2 N–H and O–H groups in total. The lowest BCUT2D eigenvalue weighted by Crippen LogP contribution is -2.18. The monoisotopic (exact) mass is 288 g/mol. The minimum atomic E-state index is -0.265. The summed E-state index contributed by atoms with van der Waals surface area (Å²) in [6.45, 7) is 4.31. The van der Waals surface area contributed by atoms with E-state index < -0.39 is 0 Å². The predicted octanol–water partition coefficient (Wildman–Crippen LogP) is 4.76. The number of hydrogen-bond donors (Lipinski definition) is 2. The minimum Gasteiger partial charge on any atom is -0.332 e. The topological polar surface area (TPSA) is 24.1 Å². The molecule has 2 rings (SSSR count). The molecule has 0 aliphatic rings. The second kappa shape index (κ2) is 6.48. The molecule has 4 heteroatoms. The van der Waals surface area contributed by atoms with Crippen molar-refractivity contribution in [1.82, 2.24) is 0 Å². The summed E-state index contributed by atoms with van der Waals surface area (Å²) >= 11 is 5.22. The summed E-state index contributed by atoms with van der Waals surface area (Å²) in [6, 6.07) is 14.2. The van der Waals surface area contributed by atoms with Crippen LogP contribution in [0.25, 0.3) is 0 Å². The minimum absolute atomic E-state index is 0.265. The zero-order chi connectivity index (χ0) is 14.5. The largest absolute Gasteiger partial charge is 0.332 e. The van der Waals surface area contributed by atoms with Gasteiger partial charge in [0.05, 0.1) is 0 Å². The van der Waals surface area contributed by atoms with Crippen molar-refractivity contribution in [2.75, 3.05) is 10.6 Å². The van der Waals surface area contributed by atoms with E-state index in [2.05, 4.69) is 36.6 Å². The molecule has 2 nitrogen and oxygen atoms in total. The van der Waals surface area contributed by atoms with Crippen LogP contribution in [-0.4, -0.2) is 5.11 Å². The maximum absolute atomic E-state index is 12.8. The lowest BCUT2D eigenvalue weighted by molar-refractivity contribution is 0.628. The third-order valence-electron chi connectivity index (χ3n) is 2.94. The van der Waals surface area contributed by atoms with Crippen molar-refractivity contribution in [1.29, 1.82) is 0 Å². The molecular formula is C16H17FN2S.